The Hall–Kier alpha value is -2.37. The van der Waals surface area contributed by atoms with Gasteiger partial charge in [-0.2, -0.15) is 0 Å². The molecule has 0 aliphatic rings. The van der Waals surface area contributed by atoms with Gasteiger partial charge in [-0.25, -0.2) is 0 Å². The molecule has 0 saturated heterocycles. The summed E-state index contributed by atoms with van der Waals surface area (Å²) in [6, 6.07) is 17.2. The fourth-order valence-corrected chi connectivity index (χ4v) is 2.92. The first-order valence-electron chi connectivity index (χ1n) is 9.60. The summed E-state index contributed by atoms with van der Waals surface area (Å²) >= 11 is 0. The van der Waals surface area contributed by atoms with Gasteiger partial charge in [0.25, 0.3) is 5.91 Å². The number of aliphatic hydroxyl groups excluding tert-OH is 1. The predicted octanol–water partition coefficient (Wildman–Crippen LogP) is 2.82. The molecule has 0 aliphatic carbocycles. The van der Waals surface area contributed by atoms with Gasteiger partial charge in [-0.05, 0) is 31.0 Å². The zero-order valence-electron chi connectivity index (χ0n) is 16.4. The Labute approximate surface area is 162 Å². The zero-order chi connectivity index (χ0) is 19.6. The highest BCUT2D eigenvalue weighted by molar-refractivity contribution is 5.99. The van der Waals surface area contributed by atoms with Crippen LogP contribution in [0.3, 0.4) is 0 Å². The van der Waals surface area contributed by atoms with E-state index in [1.54, 1.807) is 6.07 Å². The minimum Gasteiger partial charge on any atom is -0.390 e. The summed E-state index contributed by atoms with van der Waals surface area (Å²) in [5.74, 6) is -0.184. The highest BCUT2D eigenvalue weighted by Crippen LogP contribution is 2.16. The minimum absolute atomic E-state index is 0.184. The third-order valence-electron chi connectivity index (χ3n) is 4.35. The molecule has 2 rings (SSSR count). The maximum Gasteiger partial charge on any atom is 0.253 e. The number of hydrogen-bond acceptors (Lipinski definition) is 4. The van der Waals surface area contributed by atoms with E-state index in [2.05, 4.69) is 16.0 Å². The number of amides is 1. The lowest BCUT2D eigenvalue weighted by atomic mass is 10.00. The molecule has 2 atom stereocenters. The van der Waals surface area contributed by atoms with Crippen molar-refractivity contribution in [3.63, 3.8) is 0 Å². The van der Waals surface area contributed by atoms with Gasteiger partial charge in [-0.3, -0.25) is 4.79 Å². The quantitative estimate of drug-likeness (QED) is 0.520. The number of carbonyl (C=O) groups is 1. The van der Waals surface area contributed by atoms with Crippen molar-refractivity contribution in [1.82, 2.24) is 10.6 Å². The maximum atomic E-state index is 12.9. The molecule has 5 heteroatoms. The standard InChI is InChI=1S/C22H31N3O2/c1-4-23-19-13-9-8-12-18(19)22(27)25-20(21(26)15-24-16(2)3)14-17-10-6-5-7-11-17/h5-13,16,20-21,23-24,26H,4,14-15H2,1-3H3,(H,25,27)/t20-,21+/m0/s1. The molecule has 1 amide bonds. The molecule has 2 aromatic rings. The van der Waals surface area contributed by atoms with Crippen LogP contribution in [0.25, 0.3) is 0 Å². The van der Waals surface area contributed by atoms with Gasteiger partial charge >= 0.3 is 0 Å². The second-order valence-electron chi connectivity index (χ2n) is 6.98. The third-order valence-corrected chi connectivity index (χ3v) is 4.35. The number of carbonyl (C=O) groups excluding carboxylic acids is 1. The normalized spacial score (nSPS) is 13.2. The van der Waals surface area contributed by atoms with E-state index in [1.165, 1.54) is 0 Å². The fraction of sp³-hybridized carbons (Fsp3) is 0.409. The van der Waals surface area contributed by atoms with Crippen molar-refractivity contribution in [3.8, 4) is 0 Å². The first kappa shape index (κ1) is 20.9. The first-order valence-corrected chi connectivity index (χ1v) is 9.60. The van der Waals surface area contributed by atoms with E-state index in [-0.39, 0.29) is 18.0 Å². The second-order valence-corrected chi connectivity index (χ2v) is 6.98. The zero-order valence-corrected chi connectivity index (χ0v) is 16.4. The molecule has 0 aromatic heterocycles. The van der Waals surface area contributed by atoms with Gasteiger partial charge in [-0.15, -0.1) is 0 Å². The van der Waals surface area contributed by atoms with E-state index < -0.39 is 6.10 Å². The average Bonchev–Trinajstić information content (AvgIpc) is 2.67. The van der Waals surface area contributed by atoms with E-state index in [4.69, 9.17) is 0 Å². The minimum atomic E-state index is -0.692. The van der Waals surface area contributed by atoms with Crippen LogP contribution in [0.5, 0.6) is 0 Å². The van der Waals surface area contributed by atoms with Crippen molar-refractivity contribution in [2.24, 2.45) is 0 Å². The molecule has 0 radical (unpaired) electrons. The molecule has 146 valence electrons. The summed E-state index contributed by atoms with van der Waals surface area (Å²) in [5, 5.41) is 20.2. The van der Waals surface area contributed by atoms with Gasteiger partial charge in [0, 0.05) is 24.8 Å². The Balaban J connectivity index is 2.16. The maximum absolute atomic E-state index is 12.9. The van der Waals surface area contributed by atoms with Crippen LogP contribution in [-0.2, 0) is 6.42 Å². The number of hydrogen-bond donors (Lipinski definition) is 4. The molecule has 5 nitrogen and oxygen atoms in total. The number of benzene rings is 2. The molecular weight excluding hydrogens is 338 g/mol. The molecule has 0 heterocycles. The summed E-state index contributed by atoms with van der Waals surface area (Å²) in [6.07, 6.45) is -0.125. The van der Waals surface area contributed by atoms with Gasteiger partial charge in [0.15, 0.2) is 0 Å². The van der Waals surface area contributed by atoms with Gasteiger partial charge in [0.05, 0.1) is 17.7 Å². The van der Waals surface area contributed by atoms with Crippen LogP contribution in [0.15, 0.2) is 54.6 Å². The van der Waals surface area contributed by atoms with Gasteiger partial charge < -0.3 is 21.1 Å². The fourth-order valence-electron chi connectivity index (χ4n) is 2.92. The van der Waals surface area contributed by atoms with Crippen molar-refractivity contribution in [2.45, 2.75) is 45.4 Å². The molecule has 0 spiro atoms. The smallest absolute Gasteiger partial charge is 0.253 e. The van der Waals surface area contributed by atoms with E-state index in [0.717, 1.165) is 17.8 Å². The van der Waals surface area contributed by atoms with Crippen LogP contribution in [0.1, 0.15) is 36.7 Å². The molecule has 4 N–H and O–H groups in total. The average molecular weight is 370 g/mol. The van der Waals surface area contributed by atoms with Gasteiger partial charge in [0.2, 0.25) is 0 Å². The van der Waals surface area contributed by atoms with Crippen molar-refractivity contribution in [3.05, 3.63) is 65.7 Å². The topological polar surface area (TPSA) is 73.4 Å². The van der Waals surface area contributed by atoms with E-state index in [1.807, 2.05) is 69.3 Å². The van der Waals surface area contributed by atoms with Crippen LogP contribution in [0, 0.1) is 0 Å². The van der Waals surface area contributed by atoms with E-state index in [9.17, 15) is 9.90 Å². The Bertz CT molecular complexity index is 704. The van der Waals surface area contributed by atoms with Crippen LogP contribution in [0.4, 0.5) is 5.69 Å². The highest BCUT2D eigenvalue weighted by atomic mass is 16.3. The number of aliphatic hydroxyl groups is 1. The first-order chi connectivity index (χ1) is 13.0. The molecule has 0 aliphatic heterocycles. The Morgan fingerprint density at radius 2 is 1.70 bits per heavy atom. The number of rotatable bonds is 10. The second kappa shape index (κ2) is 10.7. The summed E-state index contributed by atoms with van der Waals surface area (Å²) in [4.78, 5) is 12.9. The third kappa shape index (κ3) is 6.70. The van der Waals surface area contributed by atoms with E-state index >= 15 is 0 Å². The SMILES string of the molecule is CCNc1ccccc1C(=O)N[C@@H](Cc1ccccc1)[C@H](O)CNC(C)C. The largest absolute Gasteiger partial charge is 0.390 e. The van der Waals surface area contributed by atoms with Crippen LogP contribution < -0.4 is 16.0 Å². The van der Waals surface area contributed by atoms with Gasteiger partial charge in [-0.1, -0.05) is 56.3 Å². The summed E-state index contributed by atoms with van der Waals surface area (Å²) < 4.78 is 0. The van der Waals surface area contributed by atoms with Crippen molar-refractivity contribution >= 4 is 11.6 Å². The van der Waals surface area contributed by atoms with Crippen LogP contribution >= 0.6 is 0 Å². The summed E-state index contributed by atoms with van der Waals surface area (Å²) in [5.41, 5.74) is 2.46. The Kier molecular flexibility index (Phi) is 8.30. The van der Waals surface area contributed by atoms with Crippen molar-refractivity contribution < 1.29 is 9.90 Å². The van der Waals surface area contributed by atoms with Gasteiger partial charge in [0.1, 0.15) is 0 Å². The molecule has 0 fully saturated rings. The molecule has 0 bridgehead atoms. The molecule has 2 aromatic carbocycles. The Morgan fingerprint density at radius 3 is 2.37 bits per heavy atom. The number of para-hydroxylation sites is 1. The summed E-state index contributed by atoms with van der Waals surface area (Å²) in [7, 11) is 0. The molecule has 0 saturated carbocycles. The lowest BCUT2D eigenvalue weighted by Gasteiger charge is -2.26. The predicted molar refractivity (Wildman–Crippen MR) is 111 cm³/mol. The van der Waals surface area contributed by atoms with Crippen molar-refractivity contribution in [1.29, 1.82) is 0 Å². The lowest BCUT2D eigenvalue weighted by Crippen LogP contribution is -2.49. The van der Waals surface area contributed by atoms with Crippen LogP contribution in [-0.4, -0.2) is 42.3 Å². The monoisotopic (exact) mass is 369 g/mol. The number of anilines is 1. The number of nitrogens with one attached hydrogen (secondary N) is 3. The molecule has 0 unspecified atom stereocenters. The molecular formula is C22H31N3O2. The highest BCUT2D eigenvalue weighted by Gasteiger charge is 2.23. The summed E-state index contributed by atoms with van der Waals surface area (Å²) in [6.45, 7) is 7.21. The van der Waals surface area contributed by atoms with E-state index in [0.29, 0.717) is 18.5 Å². The Morgan fingerprint density at radius 1 is 1.04 bits per heavy atom. The lowest BCUT2D eigenvalue weighted by molar-refractivity contribution is 0.0828. The van der Waals surface area contributed by atoms with Crippen LogP contribution in [0.2, 0.25) is 0 Å². The molecule has 27 heavy (non-hydrogen) atoms. The van der Waals surface area contributed by atoms with Crippen molar-refractivity contribution in [2.75, 3.05) is 18.4 Å².